The SMILES string of the molecule is CC(C)(C)OC(=O)C(N)c1ccc(C(=O)O)cc1F.Cn1ncc2c1Nc1ccccc1N(C(=O)c1ccc(CNC(=O)OC(C)(C)C)c(F)c1)C2. The van der Waals surface area contributed by atoms with E-state index in [1.54, 1.807) is 63.4 Å². The van der Waals surface area contributed by atoms with Crippen molar-refractivity contribution in [3.05, 3.63) is 106 Å². The zero-order valence-electron chi connectivity index (χ0n) is 29.9. The number of rotatable bonds is 6. The maximum Gasteiger partial charge on any atom is 0.407 e. The maximum absolute atomic E-state index is 14.8. The summed E-state index contributed by atoms with van der Waals surface area (Å²) < 4.78 is 40.4. The van der Waals surface area contributed by atoms with Crippen LogP contribution in [0.3, 0.4) is 0 Å². The third-order valence-electron chi connectivity index (χ3n) is 7.40. The number of alkyl carbamates (subject to hydrolysis) is 1. The van der Waals surface area contributed by atoms with Gasteiger partial charge in [0.25, 0.3) is 5.91 Å². The van der Waals surface area contributed by atoms with Crippen LogP contribution in [0.15, 0.2) is 66.9 Å². The van der Waals surface area contributed by atoms with Crippen LogP contribution in [0.25, 0.3) is 0 Å². The summed E-state index contributed by atoms with van der Waals surface area (Å²) in [6.07, 6.45) is 1.07. The van der Waals surface area contributed by atoms with Crippen molar-refractivity contribution in [3.63, 3.8) is 0 Å². The van der Waals surface area contributed by atoms with Crippen LogP contribution >= 0.6 is 0 Å². The highest BCUT2D eigenvalue weighted by Gasteiger charge is 2.28. The van der Waals surface area contributed by atoms with Gasteiger partial charge in [0, 0.05) is 35.8 Å². The Balaban J connectivity index is 0.000000272. The predicted octanol–water partition coefficient (Wildman–Crippen LogP) is 6.35. The van der Waals surface area contributed by atoms with Crippen LogP contribution in [0.4, 0.5) is 30.8 Å². The minimum absolute atomic E-state index is 0.0509. The molecular weight excluding hydrogens is 678 g/mol. The zero-order valence-corrected chi connectivity index (χ0v) is 29.9. The molecule has 52 heavy (non-hydrogen) atoms. The minimum atomic E-state index is -1.29. The van der Waals surface area contributed by atoms with Crippen molar-refractivity contribution in [1.82, 2.24) is 15.1 Å². The summed E-state index contributed by atoms with van der Waals surface area (Å²) in [7, 11) is 1.82. The average molecular weight is 721 g/mol. The van der Waals surface area contributed by atoms with Gasteiger partial charge in [0.15, 0.2) is 0 Å². The Labute approximate surface area is 299 Å². The Hall–Kier alpha value is -5.83. The van der Waals surface area contributed by atoms with Gasteiger partial charge in [-0.05, 0) is 77.9 Å². The van der Waals surface area contributed by atoms with Crippen LogP contribution in [-0.2, 0) is 34.4 Å². The van der Waals surface area contributed by atoms with Crippen LogP contribution in [0.1, 0.15) is 85.0 Å². The Morgan fingerprint density at radius 2 is 1.58 bits per heavy atom. The van der Waals surface area contributed by atoms with Gasteiger partial charge in [0.2, 0.25) is 0 Å². The first-order valence-corrected chi connectivity index (χ1v) is 16.2. The molecule has 2 heterocycles. The molecule has 0 radical (unpaired) electrons. The number of esters is 1. The summed E-state index contributed by atoms with van der Waals surface area (Å²) >= 11 is 0. The second kappa shape index (κ2) is 15.6. The molecule has 1 aliphatic heterocycles. The number of nitrogens with two attached hydrogens (primary N) is 1. The number of carboxylic acids is 1. The third-order valence-corrected chi connectivity index (χ3v) is 7.40. The number of benzene rings is 3. The molecule has 0 saturated carbocycles. The van der Waals surface area contributed by atoms with E-state index in [-0.39, 0.29) is 41.3 Å². The van der Waals surface area contributed by atoms with Gasteiger partial charge >= 0.3 is 18.0 Å². The molecule has 4 aromatic rings. The number of carboxylic acid groups (broad SMARTS) is 1. The number of nitrogens with zero attached hydrogens (tertiary/aromatic N) is 3. The van der Waals surface area contributed by atoms with Gasteiger partial charge in [-0.25, -0.2) is 23.2 Å². The number of anilines is 3. The molecule has 0 fully saturated rings. The average Bonchev–Trinajstić information content (AvgIpc) is 3.29. The molecule has 0 aliphatic carbocycles. The predicted molar refractivity (Wildman–Crippen MR) is 189 cm³/mol. The Bertz CT molecular complexity index is 1980. The molecule has 2 amide bonds. The van der Waals surface area contributed by atoms with Gasteiger partial charge in [-0.3, -0.25) is 9.48 Å². The fourth-order valence-electron chi connectivity index (χ4n) is 5.00. The maximum atomic E-state index is 14.8. The quantitative estimate of drug-likeness (QED) is 0.164. The molecule has 1 aliphatic rings. The molecule has 0 saturated heterocycles. The van der Waals surface area contributed by atoms with Crippen LogP contribution in [0.2, 0.25) is 0 Å². The van der Waals surface area contributed by atoms with Crippen LogP contribution < -0.4 is 21.3 Å². The van der Waals surface area contributed by atoms with Gasteiger partial charge in [0.05, 0.1) is 29.7 Å². The Kier molecular flexibility index (Phi) is 11.7. The van der Waals surface area contributed by atoms with Crippen molar-refractivity contribution < 1.29 is 42.5 Å². The standard InChI is InChI=1S/C24H26FN5O3.C13H16FNO4/c1-24(2,3)33-23(32)26-12-16-10-9-15(11-18(16)25)22(31)30-14-17-13-27-29(4)21(17)28-19-7-5-6-8-20(19)30;1-13(2,3)19-12(18)10(15)8-5-4-7(11(16)17)6-9(8)14/h5-11,13,28H,12,14H2,1-4H3,(H,26,32);4-6,10H,15H2,1-3H3,(H,16,17). The molecule has 1 atom stereocenters. The minimum Gasteiger partial charge on any atom is -0.478 e. The lowest BCUT2D eigenvalue weighted by molar-refractivity contribution is -0.156. The van der Waals surface area contributed by atoms with Crippen LogP contribution in [-0.4, -0.2) is 50.0 Å². The number of para-hydroxylation sites is 2. The van der Waals surface area contributed by atoms with Crippen molar-refractivity contribution in [2.75, 3.05) is 10.2 Å². The molecule has 276 valence electrons. The normalized spacial score (nSPS) is 12.8. The summed E-state index contributed by atoms with van der Waals surface area (Å²) in [5.74, 6) is -3.00. The molecule has 5 N–H and O–H groups in total. The second-order valence-electron chi connectivity index (χ2n) is 13.9. The molecule has 1 aromatic heterocycles. The first-order valence-electron chi connectivity index (χ1n) is 16.2. The number of carbonyl (C=O) groups excluding carboxylic acids is 3. The first-order chi connectivity index (χ1) is 24.2. The summed E-state index contributed by atoms with van der Waals surface area (Å²) in [6.45, 7) is 10.5. The monoisotopic (exact) mass is 720 g/mol. The molecular formula is C37H42F2N6O7. The molecule has 0 spiro atoms. The van der Waals surface area contributed by atoms with E-state index in [2.05, 4.69) is 15.7 Å². The number of aryl methyl sites for hydroxylation is 1. The van der Waals surface area contributed by atoms with Crippen LogP contribution in [0.5, 0.6) is 0 Å². The fraction of sp³-hybridized carbons (Fsp3) is 0.324. The molecule has 0 bridgehead atoms. The second-order valence-corrected chi connectivity index (χ2v) is 13.9. The molecule has 5 rings (SSSR count). The number of hydrogen-bond donors (Lipinski definition) is 4. The summed E-state index contributed by atoms with van der Waals surface area (Å²) in [6, 6.07) is 13.6. The smallest absolute Gasteiger partial charge is 0.407 e. The summed E-state index contributed by atoms with van der Waals surface area (Å²) in [5.41, 5.74) is 6.68. The number of fused-ring (bicyclic) bond motifs is 2. The first kappa shape index (κ1) is 39.0. The highest BCUT2D eigenvalue weighted by atomic mass is 19.1. The van der Waals surface area contributed by atoms with E-state index >= 15 is 0 Å². The van der Waals surface area contributed by atoms with E-state index in [0.717, 1.165) is 23.1 Å². The van der Waals surface area contributed by atoms with Crippen molar-refractivity contribution in [1.29, 1.82) is 0 Å². The van der Waals surface area contributed by atoms with Crippen LogP contribution in [0, 0.1) is 11.6 Å². The topological polar surface area (TPSA) is 178 Å². The highest BCUT2D eigenvalue weighted by Crippen LogP contribution is 2.36. The highest BCUT2D eigenvalue weighted by molar-refractivity contribution is 6.08. The van der Waals surface area contributed by atoms with E-state index in [9.17, 15) is 28.0 Å². The number of amides is 2. The molecule has 15 heteroatoms. The molecule has 1 unspecified atom stereocenters. The number of nitrogens with one attached hydrogen (secondary N) is 2. The van der Waals surface area contributed by atoms with Gasteiger partial charge < -0.3 is 35.8 Å². The fourth-order valence-corrected chi connectivity index (χ4v) is 5.00. The number of aromatic nitrogens is 2. The van der Waals surface area contributed by atoms with Crippen molar-refractivity contribution in [3.8, 4) is 0 Å². The number of aromatic carboxylic acids is 1. The number of ether oxygens (including phenoxy) is 2. The molecule has 13 nitrogen and oxygen atoms in total. The van der Waals surface area contributed by atoms with E-state index in [1.165, 1.54) is 24.3 Å². The van der Waals surface area contributed by atoms with Crippen molar-refractivity contribution in [2.45, 2.75) is 71.9 Å². The van der Waals surface area contributed by atoms with Gasteiger partial charge in [-0.1, -0.05) is 24.3 Å². The van der Waals surface area contributed by atoms with E-state index in [4.69, 9.17) is 20.3 Å². The number of halogens is 2. The Morgan fingerprint density at radius 1 is 0.942 bits per heavy atom. The van der Waals surface area contributed by atoms with Gasteiger partial charge in [0.1, 0.15) is 34.7 Å². The largest absolute Gasteiger partial charge is 0.478 e. The van der Waals surface area contributed by atoms with Crippen molar-refractivity contribution >= 4 is 41.1 Å². The number of hydrogen-bond acceptors (Lipinski definition) is 9. The van der Waals surface area contributed by atoms with E-state index in [1.807, 2.05) is 31.3 Å². The van der Waals surface area contributed by atoms with Gasteiger partial charge in [-0.2, -0.15) is 5.10 Å². The number of carbonyl (C=O) groups is 4. The Morgan fingerprint density at radius 3 is 2.19 bits per heavy atom. The van der Waals surface area contributed by atoms with E-state index in [0.29, 0.717) is 5.69 Å². The van der Waals surface area contributed by atoms with Crippen molar-refractivity contribution in [2.24, 2.45) is 12.8 Å². The molecule has 3 aromatic carbocycles. The lowest BCUT2D eigenvalue weighted by Gasteiger charge is -2.23. The lowest BCUT2D eigenvalue weighted by Crippen LogP contribution is -2.32. The van der Waals surface area contributed by atoms with Gasteiger partial charge in [-0.15, -0.1) is 0 Å². The lowest BCUT2D eigenvalue weighted by atomic mass is 10.0. The van der Waals surface area contributed by atoms with E-state index < -0.39 is 46.9 Å². The zero-order chi connectivity index (χ0) is 38.5. The summed E-state index contributed by atoms with van der Waals surface area (Å²) in [4.78, 5) is 49.2. The third kappa shape index (κ3) is 9.90. The summed E-state index contributed by atoms with van der Waals surface area (Å²) in [5, 5.41) is 18.8.